The van der Waals surface area contributed by atoms with Gasteiger partial charge in [0.1, 0.15) is 5.69 Å². The maximum absolute atomic E-state index is 5.50. The lowest BCUT2D eigenvalue weighted by molar-refractivity contribution is 0.551. The number of aromatic nitrogens is 3. The Morgan fingerprint density at radius 2 is 2.24 bits per heavy atom. The summed E-state index contributed by atoms with van der Waals surface area (Å²) in [5.41, 5.74) is 1.12. The van der Waals surface area contributed by atoms with Crippen molar-refractivity contribution in [2.75, 3.05) is 11.9 Å². The highest BCUT2D eigenvalue weighted by atomic mass is 16.4. The summed E-state index contributed by atoms with van der Waals surface area (Å²) >= 11 is 0. The summed E-state index contributed by atoms with van der Waals surface area (Å²) in [6, 6.07) is 6.07. The highest BCUT2D eigenvalue weighted by Gasteiger charge is 2.37. The standard InChI is InChI=1S/C12H14N4O/c1-12(5-6-12)8-14-11-16-15-10(17-11)9-4-2-3-7-13-9/h2-4,7H,5-6,8H2,1H3,(H,14,16). The van der Waals surface area contributed by atoms with E-state index in [1.807, 2.05) is 18.2 Å². The molecule has 2 aromatic heterocycles. The first kappa shape index (κ1) is 10.3. The molecule has 0 radical (unpaired) electrons. The molecule has 0 aromatic carbocycles. The summed E-state index contributed by atoms with van der Waals surface area (Å²) in [5, 5.41) is 11.1. The Morgan fingerprint density at radius 3 is 2.94 bits per heavy atom. The van der Waals surface area contributed by atoms with Gasteiger partial charge >= 0.3 is 6.01 Å². The van der Waals surface area contributed by atoms with Gasteiger partial charge in [-0.1, -0.05) is 18.1 Å². The highest BCUT2D eigenvalue weighted by molar-refractivity contribution is 5.46. The molecule has 0 atom stereocenters. The van der Waals surface area contributed by atoms with Gasteiger partial charge in [-0.05, 0) is 30.4 Å². The first-order chi connectivity index (χ1) is 8.25. The van der Waals surface area contributed by atoms with E-state index >= 15 is 0 Å². The van der Waals surface area contributed by atoms with Gasteiger partial charge in [0.15, 0.2) is 0 Å². The van der Waals surface area contributed by atoms with Crippen LogP contribution >= 0.6 is 0 Å². The van der Waals surface area contributed by atoms with E-state index in [9.17, 15) is 0 Å². The van der Waals surface area contributed by atoms with Gasteiger partial charge in [0.2, 0.25) is 0 Å². The Bertz CT molecular complexity index is 504. The minimum absolute atomic E-state index is 0.416. The second-order valence-corrected chi connectivity index (χ2v) is 4.79. The second-order valence-electron chi connectivity index (χ2n) is 4.79. The van der Waals surface area contributed by atoms with Crippen molar-refractivity contribution in [2.45, 2.75) is 19.8 Å². The van der Waals surface area contributed by atoms with Crippen molar-refractivity contribution in [1.82, 2.24) is 15.2 Å². The largest absolute Gasteiger partial charge is 0.402 e. The monoisotopic (exact) mass is 230 g/mol. The van der Waals surface area contributed by atoms with Gasteiger partial charge in [0.05, 0.1) is 0 Å². The highest BCUT2D eigenvalue weighted by Crippen LogP contribution is 2.44. The van der Waals surface area contributed by atoms with Crippen LogP contribution in [-0.2, 0) is 0 Å². The number of rotatable bonds is 4. The van der Waals surface area contributed by atoms with Gasteiger partial charge in [0.25, 0.3) is 5.89 Å². The Morgan fingerprint density at radius 1 is 1.35 bits per heavy atom. The molecule has 0 unspecified atom stereocenters. The first-order valence-corrected chi connectivity index (χ1v) is 5.74. The number of anilines is 1. The molecule has 1 N–H and O–H groups in total. The van der Waals surface area contributed by atoms with Crippen LogP contribution in [0.15, 0.2) is 28.8 Å². The van der Waals surface area contributed by atoms with Crippen LogP contribution in [0.25, 0.3) is 11.6 Å². The molecule has 5 heteroatoms. The van der Waals surface area contributed by atoms with Crippen LogP contribution in [0.3, 0.4) is 0 Å². The summed E-state index contributed by atoms with van der Waals surface area (Å²) < 4.78 is 5.50. The van der Waals surface area contributed by atoms with Gasteiger partial charge in [-0.3, -0.25) is 4.98 Å². The zero-order chi connectivity index (χ0) is 11.7. The summed E-state index contributed by atoms with van der Waals surface area (Å²) in [5.74, 6) is 0.453. The van der Waals surface area contributed by atoms with Crippen molar-refractivity contribution >= 4 is 6.01 Å². The van der Waals surface area contributed by atoms with Gasteiger partial charge in [-0.15, -0.1) is 5.10 Å². The summed E-state index contributed by atoms with van der Waals surface area (Å²) in [4.78, 5) is 4.16. The molecule has 17 heavy (non-hydrogen) atoms. The molecule has 0 saturated heterocycles. The molecule has 5 nitrogen and oxygen atoms in total. The average Bonchev–Trinajstić information content (AvgIpc) is 2.93. The quantitative estimate of drug-likeness (QED) is 0.873. The van der Waals surface area contributed by atoms with E-state index in [0.29, 0.717) is 23.0 Å². The van der Waals surface area contributed by atoms with Crippen LogP contribution in [0.1, 0.15) is 19.8 Å². The van der Waals surface area contributed by atoms with Crippen molar-refractivity contribution < 1.29 is 4.42 Å². The van der Waals surface area contributed by atoms with E-state index in [1.165, 1.54) is 12.8 Å². The fourth-order valence-corrected chi connectivity index (χ4v) is 1.57. The molecule has 0 amide bonds. The summed E-state index contributed by atoms with van der Waals surface area (Å²) in [7, 11) is 0. The molecular weight excluding hydrogens is 216 g/mol. The van der Waals surface area contributed by atoms with Crippen LogP contribution in [-0.4, -0.2) is 21.7 Å². The normalized spacial score (nSPS) is 16.8. The van der Waals surface area contributed by atoms with Crippen LogP contribution in [0, 0.1) is 5.41 Å². The average molecular weight is 230 g/mol. The third-order valence-corrected chi connectivity index (χ3v) is 3.08. The van der Waals surface area contributed by atoms with E-state index < -0.39 is 0 Å². The zero-order valence-electron chi connectivity index (χ0n) is 9.68. The van der Waals surface area contributed by atoms with Gasteiger partial charge in [-0.25, -0.2) is 0 Å². The Hall–Kier alpha value is -1.91. The fraction of sp³-hybridized carbons (Fsp3) is 0.417. The lowest BCUT2D eigenvalue weighted by atomic mass is 10.1. The molecule has 0 spiro atoms. The Kier molecular flexibility index (Phi) is 2.31. The van der Waals surface area contributed by atoms with E-state index in [-0.39, 0.29) is 0 Å². The third-order valence-electron chi connectivity index (χ3n) is 3.08. The van der Waals surface area contributed by atoms with Crippen molar-refractivity contribution in [2.24, 2.45) is 5.41 Å². The van der Waals surface area contributed by atoms with E-state index in [1.54, 1.807) is 6.20 Å². The van der Waals surface area contributed by atoms with Gasteiger partial charge in [-0.2, -0.15) is 0 Å². The number of nitrogens with one attached hydrogen (secondary N) is 1. The predicted molar refractivity (Wildman–Crippen MR) is 63.4 cm³/mol. The second kappa shape index (κ2) is 3.84. The maximum Gasteiger partial charge on any atom is 0.315 e. The molecule has 1 saturated carbocycles. The number of hydrogen-bond donors (Lipinski definition) is 1. The molecule has 3 rings (SSSR count). The van der Waals surface area contributed by atoms with Crippen molar-refractivity contribution in [3.63, 3.8) is 0 Å². The predicted octanol–water partition coefficient (Wildman–Crippen LogP) is 2.34. The van der Waals surface area contributed by atoms with Crippen LogP contribution < -0.4 is 5.32 Å². The van der Waals surface area contributed by atoms with Crippen molar-refractivity contribution in [3.8, 4) is 11.6 Å². The Balaban J connectivity index is 1.70. The van der Waals surface area contributed by atoms with E-state index in [0.717, 1.165) is 6.54 Å². The molecule has 2 heterocycles. The van der Waals surface area contributed by atoms with E-state index in [4.69, 9.17) is 4.42 Å². The van der Waals surface area contributed by atoms with Gasteiger partial charge < -0.3 is 9.73 Å². The zero-order valence-corrected chi connectivity index (χ0v) is 9.68. The minimum atomic E-state index is 0.416. The molecule has 0 aliphatic heterocycles. The Labute approximate surface area is 99.3 Å². The molecule has 88 valence electrons. The lowest BCUT2D eigenvalue weighted by Gasteiger charge is -2.06. The topological polar surface area (TPSA) is 63.8 Å². The van der Waals surface area contributed by atoms with Crippen LogP contribution in [0.4, 0.5) is 6.01 Å². The fourth-order valence-electron chi connectivity index (χ4n) is 1.57. The molecule has 1 aliphatic carbocycles. The van der Waals surface area contributed by atoms with Crippen LogP contribution in [0.5, 0.6) is 0 Å². The molecule has 2 aromatic rings. The van der Waals surface area contributed by atoms with E-state index in [2.05, 4.69) is 27.4 Å². The molecule has 0 bridgehead atoms. The SMILES string of the molecule is CC1(CNc2nnc(-c3ccccn3)o2)CC1. The summed E-state index contributed by atoms with van der Waals surface area (Å²) in [6.45, 7) is 3.13. The smallest absolute Gasteiger partial charge is 0.315 e. The minimum Gasteiger partial charge on any atom is -0.402 e. The number of nitrogens with zero attached hydrogens (tertiary/aromatic N) is 3. The van der Waals surface area contributed by atoms with Crippen LogP contribution in [0.2, 0.25) is 0 Å². The van der Waals surface area contributed by atoms with Gasteiger partial charge in [0, 0.05) is 12.7 Å². The number of pyridine rings is 1. The molecular formula is C12H14N4O. The number of hydrogen-bond acceptors (Lipinski definition) is 5. The summed E-state index contributed by atoms with van der Waals surface area (Å²) in [6.07, 6.45) is 4.24. The maximum atomic E-state index is 5.50. The van der Waals surface area contributed by atoms with Crippen molar-refractivity contribution in [1.29, 1.82) is 0 Å². The third kappa shape index (κ3) is 2.27. The molecule has 1 fully saturated rings. The van der Waals surface area contributed by atoms with Crippen molar-refractivity contribution in [3.05, 3.63) is 24.4 Å². The first-order valence-electron chi connectivity index (χ1n) is 5.74. The lowest BCUT2D eigenvalue weighted by Crippen LogP contribution is -2.11. The molecule has 1 aliphatic rings.